The van der Waals surface area contributed by atoms with Crippen molar-refractivity contribution in [1.29, 1.82) is 0 Å². The van der Waals surface area contributed by atoms with Gasteiger partial charge in [0.2, 0.25) is 0 Å². The van der Waals surface area contributed by atoms with E-state index in [-0.39, 0.29) is 0 Å². The molecule has 0 aliphatic heterocycles. The Morgan fingerprint density at radius 1 is 1.12 bits per heavy atom. The van der Waals surface area contributed by atoms with Crippen LogP contribution in [0.2, 0.25) is 0 Å². The molecule has 17 heavy (non-hydrogen) atoms. The summed E-state index contributed by atoms with van der Waals surface area (Å²) in [4.78, 5) is 4.50. The molecule has 0 amide bonds. The Morgan fingerprint density at radius 3 is 2.41 bits per heavy atom. The second kappa shape index (κ2) is 4.75. The molecule has 1 aromatic carbocycles. The van der Waals surface area contributed by atoms with E-state index in [4.69, 9.17) is 9.47 Å². The summed E-state index contributed by atoms with van der Waals surface area (Å²) in [6.07, 6.45) is 0. The minimum Gasteiger partial charge on any atom is -0.497 e. The van der Waals surface area contributed by atoms with Gasteiger partial charge >= 0.3 is 0 Å². The maximum atomic E-state index is 5.42. The van der Waals surface area contributed by atoms with E-state index in [2.05, 4.69) is 4.98 Å². The summed E-state index contributed by atoms with van der Waals surface area (Å²) in [7, 11) is 3.32. The zero-order chi connectivity index (χ0) is 12.4. The molecule has 0 bridgehead atoms. The molecule has 0 radical (unpaired) electrons. The van der Waals surface area contributed by atoms with Gasteiger partial charge in [-0.25, -0.2) is 4.98 Å². The highest BCUT2D eigenvalue weighted by atomic mass is 32.1. The zero-order valence-corrected chi connectivity index (χ0v) is 11.2. The second-order valence-corrected chi connectivity index (χ2v) is 4.67. The Hall–Kier alpha value is -1.55. The number of hydrogen-bond acceptors (Lipinski definition) is 4. The first-order valence-corrected chi connectivity index (χ1v) is 6.18. The van der Waals surface area contributed by atoms with E-state index in [1.54, 1.807) is 25.6 Å². The van der Waals surface area contributed by atoms with Crippen LogP contribution < -0.4 is 9.47 Å². The summed E-state index contributed by atoms with van der Waals surface area (Å²) in [6, 6.07) is 3.88. The first kappa shape index (κ1) is 11.9. The zero-order valence-electron chi connectivity index (χ0n) is 10.4. The Balaban J connectivity index is 2.60. The number of aromatic nitrogens is 1. The van der Waals surface area contributed by atoms with Gasteiger partial charge in [-0.2, -0.15) is 0 Å². The van der Waals surface area contributed by atoms with Gasteiger partial charge in [-0.1, -0.05) is 0 Å². The van der Waals surface area contributed by atoms with Gasteiger partial charge < -0.3 is 9.47 Å². The Labute approximate surface area is 105 Å². The van der Waals surface area contributed by atoms with Crippen LogP contribution >= 0.6 is 11.3 Å². The first-order valence-electron chi connectivity index (χ1n) is 5.31. The van der Waals surface area contributed by atoms with Crippen LogP contribution in [0.25, 0.3) is 10.6 Å². The lowest BCUT2D eigenvalue weighted by Crippen LogP contribution is -1.93. The number of hydrogen-bond donors (Lipinski definition) is 0. The third kappa shape index (κ3) is 2.26. The van der Waals surface area contributed by atoms with Gasteiger partial charge in [-0.3, -0.25) is 0 Å². The summed E-state index contributed by atoms with van der Waals surface area (Å²) < 4.78 is 10.7. The second-order valence-electron chi connectivity index (χ2n) is 3.82. The first-order chi connectivity index (χ1) is 8.15. The van der Waals surface area contributed by atoms with E-state index < -0.39 is 0 Å². The van der Waals surface area contributed by atoms with Gasteiger partial charge in [0.25, 0.3) is 0 Å². The van der Waals surface area contributed by atoms with E-state index in [1.807, 2.05) is 31.4 Å². The molecule has 3 nitrogen and oxygen atoms in total. The van der Waals surface area contributed by atoms with E-state index in [0.29, 0.717) is 0 Å². The molecule has 0 unspecified atom stereocenters. The molecule has 0 saturated heterocycles. The van der Waals surface area contributed by atoms with Crippen LogP contribution in [0.4, 0.5) is 0 Å². The topological polar surface area (TPSA) is 31.4 Å². The molecule has 0 N–H and O–H groups in total. The minimum atomic E-state index is 0.802. The van der Waals surface area contributed by atoms with E-state index >= 15 is 0 Å². The molecular weight excluding hydrogens is 234 g/mol. The van der Waals surface area contributed by atoms with Crippen molar-refractivity contribution >= 4 is 11.3 Å². The molecule has 0 fully saturated rings. The van der Waals surface area contributed by atoms with Crippen LogP contribution in [-0.2, 0) is 0 Å². The summed E-state index contributed by atoms with van der Waals surface area (Å²) >= 11 is 1.63. The Bertz CT molecular complexity index is 534. The predicted molar refractivity (Wildman–Crippen MR) is 70.1 cm³/mol. The van der Waals surface area contributed by atoms with Crippen molar-refractivity contribution in [2.75, 3.05) is 14.2 Å². The average molecular weight is 249 g/mol. The summed E-state index contributed by atoms with van der Waals surface area (Å²) in [5.74, 6) is 1.60. The molecule has 90 valence electrons. The van der Waals surface area contributed by atoms with Gasteiger partial charge in [-0.15, -0.1) is 11.3 Å². The van der Waals surface area contributed by atoms with E-state index in [0.717, 1.165) is 33.3 Å². The van der Waals surface area contributed by atoms with Crippen LogP contribution in [0.5, 0.6) is 11.5 Å². The minimum absolute atomic E-state index is 0.802. The molecule has 0 spiro atoms. The van der Waals surface area contributed by atoms with Crippen molar-refractivity contribution < 1.29 is 9.47 Å². The van der Waals surface area contributed by atoms with Crippen LogP contribution in [0, 0.1) is 13.8 Å². The summed E-state index contributed by atoms with van der Waals surface area (Å²) in [5, 5.41) is 3.03. The lowest BCUT2D eigenvalue weighted by molar-refractivity contribution is 0.395. The van der Waals surface area contributed by atoms with Gasteiger partial charge in [0.1, 0.15) is 16.5 Å². The van der Waals surface area contributed by atoms with Crippen molar-refractivity contribution in [1.82, 2.24) is 4.98 Å². The fourth-order valence-corrected chi connectivity index (χ4v) is 2.66. The maximum Gasteiger partial charge on any atom is 0.133 e. The third-order valence-corrected chi connectivity index (χ3v) is 3.54. The monoisotopic (exact) mass is 249 g/mol. The van der Waals surface area contributed by atoms with Crippen molar-refractivity contribution in [2.45, 2.75) is 13.8 Å². The van der Waals surface area contributed by atoms with Crippen LogP contribution in [0.3, 0.4) is 0 Å². The highest BCUT2D eigenvalue weighted by molar-refractivity contribution is 7.13. The van der Waals surface area contributed by atoms with Crippen molar-refractivity contribution in [2.24, 2.45) is 0 Å². The maximum absolute atomic E-state index is 5.42. The van der Waals surface area contributed by atoms with Gasteiger partial charge in [0, 0.05) is 17.1 Å². The lowest BCUT2D eigenvalue weighted by atomic mass is 10.1. The molecule has 2 aromatic rings. The summed E-state index contributed by atoms with van der Waals surface area (Å²) in [6.45, 7) is 4.03. The number of ether oxygens (including phenoxy) is 2. The lowest BCUT2D eigenvalue weighted by Gasteiger charge is -2.11. The fourth-order valence-electron chi connectivity index (χ4n) is 1.74. The smallest absolute Gasteiger partial charge is 0.133 e. The number of aryl methyl sites for hydroxylation is 2. The van der Waals surface area contributed by atoms with Crippen molar-refractivity contribution in [3.63, 3.8) is 0 Å². The fraction of sp³-hybridized carbons (Fsp3) is 0.308. The summed E-state index contributed by atoms with van der Waals surface area (Å²) in [5.41, 5.74) is 3.18. The van der Waals surface area contributed by atoms with E-state index in [9.17, 15) is 0 Å². The Kier molecular flexibility index (Phi) is 3.33. The number of thiazole rings is 1. The molecule has 0 saturated carbocycles. The normalized spacial score (nSPS) is 10.4. The highest BCUT2D eigenvalue weighted by Crippen LogP contribution is 2.37. The molecule has 2 rings (SSSR count). The molecule has 1 heterocycles. The van der Waals surface area contributed by atoms with Gasteiger partial charge in [-0.05, 0) is 25.5 Å². The van der Waals surface area contributed by atoms with Crippen molar-refractivity contribution in [3.05, 3.63) is 28.8 Å². The molecule has 0 aliphatic carbocycles. The SMILES string of the molecule is COc1cc(C)c(-c2nc(C)cs2)c(OC)c1. The van der Waals surface area contributed by atoms with Crippen LogP contribution in [0.1, 0.15) is 11.3 Å². The quantitative estimate of drug-likeness (QED) is 0.835. The molecule has 4 heteroatoms. The largest absolute Gasteiger partial charge is 0.497 e. The number of nitrogens with zero attached hydrogens (tertiary/aromatic N) is 1. The van der Waals surface area contributed by atoms with Crippen LogP contribution in [-0.4, -0.2) is 19.2 Å². The molecule has 0 atom stereocenters. The molecule has 0 aliphatic rings. The van der Waals surface area contributed by atoms with E-state index in [1.165, 1.54) is 0 Å². The number of rotatable bonds is 3. The number of methoxy groups -OCH3 is 2. The predicted octanol–water partition coefficient (Wildman–Crippen LogP) is 3.44. The van der Waals surface area contributed by atoms with Crippen molar-refractivity contribution in [3.8, 4) is 22.1 Å². The highest BCUT2D eigenvalue weighted by Gasteiger charge is 2.14. The molecular formula is C13H15NO2S. The third-order valence-electron chi connectivity index (χ3n) is 2.56. The van der Waals surface area contributed by atoms with Gasteiger partial charge in [0.15, 0.2) is 0 Å². The number of benzene rings is 1. The molecule has 1 aromatic heterocycles. The van der Waals surface area contributed by atoms with Gasteiger partial charge in [0.05, 0.1) is 19.8 Å². The standard InChI is InChI=1S/C13H15NO2S/c1-8-5-10(15-3)6-11(16-4)12(8)13-14-9(2)7-17-13/h5-7H,1-4H3. The average Bonchev–Trinajstić information content (AvgIpc) is 2.74. The Morgan fingerprint density at radius 2 is 1.88 bits per heavy atom. The van der Waals surface area contributed by atoms with Crippen LogP contribution in [0.15, 0.2) is 17.5 Å².